The molecule has 2 fully saturated rings. The SMILES string of the molecule is COC1(C(O)P(=O)(O)OP(=O)(O)OP(=O)(O)OC[C@H]2O[C@@H](n3cnc4c(=O)[nH]c(N)nc43)[C@@H](O)C2O)COC[C@@]1(O)N1CN(C)C2=C1NC(N)=NC2O. The fourth-order valence-electron chi connectivity index (χ4n) is 6.29. The van der Waals surface area contributed by atoms with Crippen molar-refractivity contribution >= 4 is 46.3 Å². The molecular weight excluding hydrogens is 785 g/mol. The van der Waals surface area contributed by atoms with E-state index >= 15 is 0 Å². The van der Waals surface area contributed by atoms with Gasteiger partial charge < -0.3 is 81.0 Å². The van der Waals surface area contributed by atoms with Gasteiger partial charge in [0.05, 0.1) is 32.8 Å². The number of nitrogens with two attached hydrogens (primary N) is 2. The quantitative estimate of drug-likeness (QED) is 0.0890. The highest BCUT2D eigenvalue weighted by atomic mass is 31.3. The predicted molar refractivity (Wildman–Crippen MR) is 170 cm³/mol. The van der Waals surface area contributed by atoms with Crippen molar-refractivity contribution in [2.24, 2.45) is 10.7 Å². The molecule has 14 N–H and O–H groups in total. The number of imidazole rings is 1. The molecular formula is C22H35N10O18P3. The summed E-state index contributed by atoms with van der Waals surface area (Å²) >= 11 is 0. The molecule has 2 saturated heterocycles. The second-order valence-corrected chi connectivity index (χ2v) is 17.1. The van der Waals surface area contributed by atoms with Crippen LogP contribution in [-0.2, 0) is 41.1 Å². The lowest BCUT2D eigenvalue weighted by Crippen LogP contribution is -2.70. The number of aliphatic hydroxyl groups is 5. The van der Waals surface area contributed by atoms with Crippen molar-refractivity contribution in [2.75, 3.05) is 46.4 Å². The molecule has 6 heterocycles. The first-order chi connectivity index (χ1) is 24.6. The van der Waals surface area contributed by atoms with Gasteiger partial charge >= 0.3 is 23.2 Å². The van der Waals surface area contributed by atoms with Crippen LogP contribution in [0.3, 0.4) is 0 Å². The average Bonchev–Trinajstić information content (AvgIpc) is 3.78. The first-order valence-corrected chi connectivity index (χ1v) is 19.5. The van der Waals surface area contributed by atoms with Gasteiger partial charge in [0.2, 0.25) is 5.95 Å². The number of likely N-dealkylation sites (N-methyl/N-ethyl adjacent to an activating group) is 1. The predicted octanol–water partition coefficient (Wildman–Crippen LogP) is -5.21. The number of fused-ring (bicyclic) bond motifs is 1. The normalized spacial score (nSPS) is 34.4. The molecule has 0 aliphatic carbocycles. The smallest absolute Gasteiger partial charge is 0.387 e. The number of aliphatic hydroxyl groups excluding tert-OH is 4. The van der Waals surface area contributed by atoms with E-state index < -0.39 is 96.6 Å². The highest BCUT2D eigenvalue weighted by molar-refractivity contribution is 7.68. The number of anilines is 1. The standard InChI is InChI=1S/C22H35N10O18P3/c1-30-7-32(14-10(30)16(36)29-20(24)27-14)22(38)5-46-4-21(22,45-2)18(37)51(39,40)49-53(43,44)50-52(41,42)47-3-8-11(33)12(34)17(48-8)31-6-25-9-13(31)26-19(23)28-15(9)35/h6,8,11-12,16-18,33-34,36-38H,3-5,7H2,1-2H3,(H,39,40)(H,41,42)(H,43,44)(H3,24,27,29)(H3,23,26,28,35)/t8-,11?,12+,16?,17-,18?,21?,22+/m1/s1. The van der Waals surface area contributed by atoms with Gasteiger partial charge in [-0.05, 0) is 0 Å². The van der Waals surface area contributed by atoms with E-state index in [1.54, 1.807) is 0 Å². The second-order valence-electron chi connectivity index (χ2n) is 12.1. The van der Waals surface area contributed by atoms with Crippen LogP contribution in [0.25, 0.3) is 11.2 Å². The maximum absolute atomic E-state index is 13.4. The summed E-state index contributed by atoms with van der Waals surface area (Å²) in [6.07, 6.45) is -7.27. The number of methoxy groups -OCH3 is 1. The Morgan fingerprint density at radius 3 is 2.49 bits per heavy atom. The summed E-state index contributed by atoms with van der Waals surface area (Å²) in [6, 6.07) is 0. The Hall–Kier alpha value is -3.11. The number of ether oxygens (including phenoxy) is 3. The first-order valence-electron chi connectivity index (χ1n) is 14.9. The summed E-state index contributed by atoms with van der Waals surface area (Å²) in [7, 11) is -15.6. The third kappa shape index (κ3) is 6.78. The fraction of sp³-hybridized carbons (Fsp3) is 0.636. The molecule has 0 aromatic carbocycles. The van der Waals surface area contributed by atoms with Crippen LogP contribution < -0.4 is 22.3 Å². The third-order valence-corrected chi connectivity index (χ3v) is 13.7. The van der Waals surface area contributed by atoms with Crippen LogP contribution in [-0.4, -0.2) is 158 Å². The van der Waals surface area contributed by atoms with Crippen molar-refractivity contribution in [1.29, 1.82) is 0 Å². The number of hydrogen-bond donors (Lipinski definition) is 12. The molecule has 6 rings (SSSR count). The van der Waals surface area contributed by atoms with Crippen molar-refractivity contribution < 1.29 is 81.3 Å². The Bertz CT molecular complexity index is 2050. The topological polar surface area (TPSA) is 415 Å². The average molecular weight is 820 g/mol. The van der Waals surface area contributed by atoms with Crippen LogP contribution in [0.5, 0.6) is 0 Å². The first kappa shape index (κ1) is 39.6. The van der Waals surface area contributed by atoms with Crippen molar-refractivity contribution in [3.8, 4) is 0 Å². The molecule has 0 saturated carbocycles. The number of hydrogen-bond acceptors (Lipinski definition) is 23. The zero-order valence-corrected chi connectivity index (χ0v) is 29.9. The van der Waals surface area contributed by atoms with E-state index in [2.05, 4.69) is 38.4 Å². The Kier molecular flexibility index (Phi) is 10.1. The summed E-state index contributed by atoms with van der Waals surface area (Å²) in [5.41, 5.74) is 4.98. The Balaban J connectivity index is 1.14. The summed E-state index contributed by atoms with van der Waals surface area (Å²) < 4.78 is 69.2. The van der Waals surface area contributed by atoms with Crippen LogP contribution in [0.4, 0.5) is 5.95 Å². The summed E-state index contributed by atoms with van der Waals surface area (Å²) in [5.74, 6) is -3.62. The largest absolute Gasteiger partial charge is 0.488 e. The number of nitrogens with one attached hydrogen (secondary N) is 2. The lowest BCUT2D eigenvalue weighted by molar-refractivity contribution is -0.232. The van der Waals surface area contributed by atoms with Gasteiger partial charge in [0, 0.05) is 14.2 Å². The zero-order valence-electron chi connectivity index (χ0n) is 27.2. The lowest BCUT2D eigenvalue weighted by atomic mass is 9.92. The van der Waals surface area contributed by atoms with Crippen LogP contribution in [0.1, 0.15) is 6.23 Å². The number of aromatic nitrogens is 4. The number of nitrogen functional groups attached to an aromatic ring is 1. The number of guanidine groups is 1. The molecule has 4 aliphatic rings. The second kappa shape index (κ2) is 13.6. The number of H-pyrrole nitrogens is 1. The monoisotopic (exact) mass is 820 g/mol. The van der Waals surface area contributed by atoms with Crippen molar-refractivity contribution in [3.05, 3.63) is 28.2 Å². The molecule has 31 heteroatoms. The highest BCUT2D eigenvalue weighted by Crippen LogP contribution is 2.70. The summed E-state index contributed by atoms with van der Waals surface area (Å²) in [5, 5.41) is 57.3. The van der Waals surface area contributed by atoms with E-state index in [9.17, 15) is 58.7 Å². The molecule has 11 atom stereocenters. The molecule has 0 bridgehead atoms. The summed E-state index contributed by atoms with van der Waals surface area (Å²) in [4.78, 5) is 59.5. The molecule has 4 aliphatic heterocycles. The Labute approximate surface area is 295 Å². The van der Waals surface area contributed by atoms with Crippen LogP contribution in [0.15, 0.2) is 27.6 Å². The van der Waals surface area contributed by atoms with Gasteiger partial charge in [0.15, 0.2) is 46.8 Å². The van der Waals surface area contributed by atoms with Gasteiger partial charge in [-0.25, -0.2) is 23.4 Å². The van der Waals surface area contributed by atoms with E-state index in [1.165, 1.54) is 11.9 Å². The van der Waals surface area contributed by atoms with Gasteiger partial charge in [-0.3, -0.25) is 23.4 Å². The number of nitrogens with zero attached hydrogens (tertiary/aromatic N) is 6. The molecule has 7 unspecified atom stereocenters. The minimum atomic E-state index is -6.18. The van der Waals surface area contributed by atoms with Crippen LogP contribution in [0, 0.1) is 0 Å². The van der Waals surface area contributed by atoms with E-state index in [-0.39, 0.29) is 41.3 Å². The number of phosphoric ester groups is 1. The molecule has 0 radical (unpaired) electrons. The van der Waals surface area contributed by atoms with Crippen molar-refractivity contribution in [3.63, 3.8) is 0 Å². The minimum Gasteiger partial charge on any atom is -0.387 e. The molecule has 2 aromatic rings. The molecule has 0 amide bonds. The Morgan fingerprint density at radius 2 is 1.81 bits per heavy atom. The molecule has 296 valence electrons. The van der Waals surface area contributed by atoms with E-state index in [0.717, 1.165) is 22.9 Å². The molecule has 2 aromatic heterocycles. The van der Waals surface area contributed by atoms with E-state index in [1.807, 2.05) is 0 Å². The molecule has 0 spiro atoms. The molecule has 28 nitrogen and oxygen atoms in total. The number of aromatic amines is 1. The van der Waals surface area contributed by atoms with E-state index in [0.29, 0.717) is 0 Å². The number of rotatable bonds is 12. The van der Waals surface area contributed by atoms with Crippen molar-refractivity contribution in [2.45, 2.75) is 47.9 Å². The van der Waals surface area contributed by atoms with Gasteiger partial charge in [-0.1, -0.05) is 0 Å². The number of aliphatic imine (C=N–C) groups is 1. The highest BCUT2D eigenvalue weighted by Gasteiger charge is 2.70. The maximum atomic E-state index is 13.4. The van der Waals surface area contributed by atoms with Crippen LogP contribution in [0.2, 0.25) is 0 Å². The van der Waals surface area contributed by atoms with Gasteiger partial charge in [0.25, 0.3) is 5.56 Å². The lowest BCUT2D eigenvalue weighted by Gasteiger charge is -2.48. The zero-order chi connectivity index (χ0) is 39.1. The third-order valence-electron chi connectivity index (χ3n) is 8.75. The van der Waals surface area contributed by atoms with Gasteiger partial charge in [0.1, 0.15) is 29.8 Å². The van der Waals surface area contributed by atoms with Crippen molar-refractivity contribution in [1.82, 2.24) is 34.6 Å². The van der Waals surface area contributed by atoms with Gasteiger partial charge in [-0.2, -0.15) is 9.29 Å². The maximum Gasteiger partial charge on any atom is 0.488 e. The minimum absolute atomic E-state index is 0.0671. The Morgan fingerprint density at radius 1 is 1.11 bits per heavy atom. The van der Waals surface area contributed by atoms with Crippen LogP contribution >= 0.6 is 23.2 Å². The molecule has 53 heavy (non-hydrogen) atoms. The number of phosphoric acid groups is 2. The van der Waals surface area contributed by atoms with E-state index in [4.69, 9.17) is 25.7 Å². The summed E-state index contributed by atoms with van der Waals surface area (Å²) in [6.45, 7) is -2.97. The fourth-order valence-corrected chi connectivity index (χ4v) is 10.7. The van der Waals surface area contributed by atoms with Gasteiger partial charge in [-0.15, -0.1) is 0 Å².